The summed E-state index contributed by atoms with van der Waals surface area (Å²) in [4.78, 5) is 11.1. The first-order chi connectivity index (χ1) is 9.00. The molecule has 0 saturated carbocycles. The molecule has 100 valence electrons. The maximum atomic E-state index is 11.1. The molecule has 2 rings (SSSR count). The molecule has 0 atom stereocenters. The van der Waals surface area contributed by atoms with Gasteiger partial charge in [0, 0.05) is 7.05 Å². The summed E-state index contributed by atoms with van der Waals surface area (Å²) in [6.45, 7) is 1.98. The number of benzene rings is 1. The third-order valence-electron chi connectivity index (χ3n) is 2.84. The third kappa shape index (κ3) is 2.52. The van der Waals surface area contributed by atoms with E-state index < -0.39 is 5.97 Å². The van der Waals surface area contributed by atoms with Crippen molar-refractivity contribution in [2.45, 2.75) is 13.5 Å². The number of carbonyl (C=O) groups is 1. The number of carboxylic acids is 1. The molecule has 0 fully saturated rings. The van der Waals surface area contributed by atoms with Gasteiger partial charge in [-0.3, -0.25) is 4.68 Å². The van der Waals surface area contributed by atoms with E-state index in [0.29, 0.717) is 11.4 Å². The SMILES string of the molecule is Cc1ccccc1OCc1nn(C)c(N)c1C(=O)O. The molecule has 1 aromatic carbocycles. The topological polar surface area (TPSA) is 90.4 Å². The third-order valence-corrected chi connectivity index (χ3v) is 2.84. The average Bonchev–Trinajstić information content (AvgIpc) is 2.64. The lowest BCUT2D eigenvalue weighted by atomic mass is 10.2. The number of hydrogen-bond donors (Lipinski definition) is 2. The van der Waals surface area contributed by atoms with Gasteiger partial charge in [0.25, 0.3) is 0 Å². The van der Waals surface area contributed by atoms with Gasteiger partial charge in [0.1, 0.15) is 29.4 Å². The second-order valence-corrected chi connectivity index (χ2v) is 4.19. The van der Waals surface area contributed by atoms with Gasteiger partial charge in [-0.15, -0.1) is 0 Å². The number of anilines is 1. The van der Waals surface area contributed by atoms with Gasteiger partial charge in [-0.25, -0.2) is 4.79 Å². The van der Waals surface area contributed by atoms with Crippen LogP contribution in [-0.4, -0.2) is 20.9 Å². The van der Waals surface area contributed by atoms with Crippen LogP contribution in [0.3, 0.4) is 0 Å². The maximum absolute atomic E-state index is 11.1. The van der Waals surface area contributed by atoms with Crippen LogP contribution < -0.4 is 10.5 Å². The van der Waals surface area contributed by atoms with Gasteiger partial charge in [0.2, 0.25) is 0 Å². The van der Waals surface area contributed by atoms with E-state index in [1.807, 2.05) is 31.2 Å². The van der Waals surface area contributed by atoms with Crippen molar-refractivity contribution < 1.29 is 14.6 Å². The molecule has 0 spiro atoms. The van der Waals surface area contributed by atoms with E-state index in [4.69, 9.17) is 15.6 Å². The van der Waals surface area contributed by atoms with Crippen LogP contribution in [0.15, 0.2) is 24.3 Å². The standard InChI is InChI=1S/C13H15N3O3/c1-8-5-3-4-6-10(8)19-7-9-11(13(17)18)12(14)16(2)15-9/h3-6H,7,14H2,1-2H3,(H,17,18). The summed E-state index contributed by atoms with van der Waals surface area (Å²) in [7, 11) is 1.60. The quantitative estimate of drug-likeness (QED) is 0.872. The Bertz CT molecular complexity index is 620. The van der Waals surface area contributed by atoms with E-state index in [1.54, 1.807) is 7.05 Å². The second kappa shape index (κ2) is 5.01. The molecule has 0 aliphatic heterocycles. The Labute approximate surface area is 110 Å². The second-order valence-electron chi connectivity index (χ2n) is 4.19. The minimum absolute atomic E-state index is 0.00363. The van der Waals surface area contributed by atoms with Crippen LogP contribution in [0.1, 0.15) is 21.6 Å². The molecule has 0 unspecified atom stereocenters. The van der Waals surface area contributed by atoms with E-state index in [9.17, 15) is 4.79 Å². The summed E-state index contributed by atoms with van der Waals surface area (Å²) in [5, 5.41) is 13.2. The lowest BCUT2D eigenvalue weighted by Gasteiger charge is -2.07. The molecular formula is C13H15N3O3. The molecule has 0 aliphatic carbocycles. The molecule has 3 N–H and O–H groups in total. The normalized spacial score (nSPS) is 10.4. The molecule has 1 heterocycles. The molecule has 1 aromatic heterocycles. The van der Waals surface area contributed by atoms with Crippen molar-refractivity contribution in [3.63, 3.8) is 0 Å². The molecule has 0 radical (unpaired) electrons. The van der Waals surface area contributed by atoms with Gasteiger partial charge in [-0.2, -0.15) is 5.10 Å². The van der Waals surface area contributed by atoms with Crippen LogP contribution >= 0.6 is 0 Å². The number of ether oxygens (including phenoxy) is 1. The highest BCUT2D eigenvalue weighted by molar-refractivity contribution is 5.94. The average molecular weight is 261 g/mol. The first-order valence-corrected chi connectivity index (χ1v) is 5.73. The Morgan fingerprint density at radius 1 is 1.47 bits per heavy atom. The molecule has 2 aromatic rings. The van der Waals surface area contributed by atoms with Crippen LogP contribution in [-0.2, 0) is 13.7 Å². The van der Waals surface area contributed by atoms with Crippen molar-refractivity contribution >= 4 is 11.8 Å². The van der Waals surface area contributed by atoms with Crippen molar-refractivity contribution in [3.05, 3.63) is 41.1 Å². The van der Waals surface area contributed by atoms with Crippen molar-refractivity contribution in [1.29, 1.82) is 0 Å². The molecular weight excluding hydrogens is 246 g/mol. The number of carboxylic acid groups (broad SMARTS) is 1. The van der Waals surface area contributed by atoms with Crippen LogP contribution in [0.5, 0.6) is 5.75 Å². The summed E-state index contributed by atoms with van der Waals surface area (Å²) in [6.07, 6.45) is 0. The molecule has 0 saturated heterocycles. The summed E-state index contributed by atoms with van der Waals surface area (Å²) >= 11 is 0. The van der Waals surface area contributed by atoms with Crippen molar-refractivity contribution in [2.24, 2.45) is 7.05 Å². The molecule has 6 heteroatoms. The van der Waals surface area contributed by atoms with Gasteiger partial charge >= 0.3 is 5.97 Å². The van der Waals surface area contributed by atoms with Gasteiger partial charge in [0.05, 0.1) is 0 Å². The first-order valence-electron chi connectivity index (χ1n) is 5.73. The van der Waals surface area contributed by atoms with Crippen LogP contribution in [0.2, 0.25) is 0 Å². The summed E-state index contributed by atoms with van der Waals surface area (Å²) in [6, 6.07) is 7.50. The van der Waals surface area contributed by atoms with Crippen LogP contribution in [0.25, 0.3) is 0 Å². The fourth-order valence-electron chi connectivity index (χ4n) is 1.79. The van der Waals surface area contributed by atoms with Gasteiger partial charge in [-0.1, -0.05) is 18.2 Å². The van der Waals surface area contributed by atoms with Gasteiger partial charge in [-0.05, 0) is 18.6 Å². The monoisotopic (exact) mass is 261 g/mol. The Morgan fingerprint density at radius 2 is 2.16 bits per heavy atom. The smallest absolute Gasteiger partial charge is 0.341 e. The predicted octanol–water partition coefficient (Wildman–Crippen LogP) is 1.59. The zero-order valence-electron chi connectivity index (χ0n) is 10.8. The van der Waals surface area contributed by atoms with Crippen LogP contribution in [0, 0.1) is 6.92 Å². The number of aromatic nitrogens is 2. The molecule has 19 heavy (non-hydrogen) atoms. The lowest BCUT2D eigenvalue weighted by molar-refractivity contribution is 0.0695. The van der Waals surface area contributed by atoms with Gasteiger partial charge in [0.15, 0.2) is 0 Å². The number of aromatic carboxylic acids is 1. The summed E-state index contributed by atoms with van der Waals surface area (Å²) in [5.74, 6) is -0.284. The minimum atomic E-state index is -1.10. The molecule has 0 aliphatic rings. The molecule has 0 amide bonds. The van der Waals surface area contributed by atoms with Crippen molar-refractivity contribution in [2.75, 3.05) is 5.73 Å². The lowest BCUT2D eigenvalue weighted by Crippen LogP contribution is -2.06. The molecule has 0 bridgehead atoms. The summed E-state index contributed by atoms with van der Waals surface area (Å²) in [5.41, 5.74) is 6.95. The number of aryl methyl sites for hydroxylation is 2. The molecule has 6 nitrogen and oxygen atoms in total. The van der Waals surface area contributed by atoms with E-state index in [2.05, 4.69) is 5.10 Å². The Morgan fingerprint density at radius 3 is 2.79 bits per heavy atom. The van der Waals surface area contributed by atoms with Gasteiger partial charge < -0.3 is 15.6 Å². The maximum Gasteiger partial charge on any atom is 0.341 e. The van der Waals surface area contributed by atoms with E-state index in [-0.39, 0.29) is 18.0 Å². The van der Waals surface area contributed by atoms with Crippen molar-refractivity contribution in [1.82, 2.24) is 9.78 Å². The number of rotatable bonds is 4. The largest absolute Gasteiger partial charge is 0.487 e. The van der Waals surface area contributed by atoms with E-state index in [0.717, 1.165) is 5.56 Å². The Kier molecular flexibility index (Phi) is 3.41. The summed E-state index contributed by atoms with van der Waals surface area (Å²) < 4.78 is 6.92. The van der Waals surface area contributed by atoms with Crippen molar-refractivity contribution in [3.8, 4) is 5.75 Å². The number of hydrogen-bond acceptors (Lipinski definition) is 4. The van der Waals surface area contributed by atoms with Crippen LogP contribution in [0.4, 0.5) is 5.82 Å². The zero-order chi connectivity index (χ0) is 14.0. The van der Waals surface area contributed by atoms with E-state index >= 15 is 0 Å². The number of nitrogen functional groups attached to an aromatic ring is 1. The first kappa shape index (κ1) is 12.9. The highest BCUT2D eigenvalue weighted by atomic mass is 16.5. The number of nitrogens with two attached hydrogens (primary N) is 1. The minimum Gasteiger partial charge on any atom is -0.487 e. The number of nitrogens with zero attached hydrogens (tertiary/aromatic N) is 2. The Hall–Kier alpha value is -2.50. The highest BCUT2D eigenvalue weighted by Gasteiger charge is 2.20. The zero-order valence-corrected chi connectivity index (χ0v) is 10.8. The Balaban J connectivity index is 2.23. The number of para-hydroxylation sites is 1. The highest BCUT2D eigenvalue weighted by Crippen LogP contribution is 2.21. The fourth-order valence-corrected chi connectivity index (χ4v) is 1.79. The fraction of sp³-hybridized carbons (Fsp3) is 0.231. The predicted molar refractivity (Wildman–Crippen MR) is 70.1 cm³/mol. The van der Waals surface area contributed by atoms with E-state index in [1.165, 1.54) is 4.68 Å².